The van der Waals surface area contributed by atoms with Crippen LogP contribution in [-0.4, -0.2) is 10.8 Å². The van der Waals surface area contributed by atoms with Gasteiger partial charge in [-0.2, -0.15) is 0 Å². The van der Waals surface area contributed by atoms with Gasteiger partial charge in [0.25, 0.3) is 11.6 Å². The standard InChI is InChI=1S/C22H21N3O3/c1-2-17-8-3-4-12-21(17)23-15-16-7-5-9-18(13-16)22(26)24-19-10-6-11-20(14-19)25(27)28/h3-14,23H,2,15H2,1H3,(H,24,26). The van der Waals surface area contributed by atoms with E-state index < -0.39 is 4.92 Å². The van der Waals surface area contributed by atoms with E-state index in [2.05, 4.69) is 23.6 Å². The monoisotopic (exact) mass is 375 g/mol. The molecule has 0 unspecified atom stereocenters. The Kier molecular flexibility index (Phi) is 6.01. The number of hydrogen-bond donors (Lipinski definition) is 2. The average Bonchev–Trinajstić information content (AvgIpc) is 2.72. The van der Waals surface area contributed by atoms with Gasteiger partial charge in [-0.15, -0.1) is 0 Å². The maximum Gasteiger partial charge on any atom is 0.271 e. The van der Waals surface area contributed by atoms with Crippen LogP contribution in [0.5, 0.6) is 0 Å². The minimum absolute atomic E-state index is 0.0645. The van der Waals surface area contributed by atoms with E-state index in [1.165, 1.54) is 17.7 Å². The van der Waals surface area contributed by atoms with Crippen LogP contribution < -0.4 is 10.6 Å². The zero-order valence-electron chi connectivity index (χ0n) is 15.5. The quantitative estimate of drug-likeness (QED) is 0.448. The number of non-ortho nitro benzene ring substituents is 1. The number of hydrogen-bond acceptors (Lipinski definition) is 4. The second-order valence-corrected chi connectivity index (χ2v) is 6.33. The number of nitrogens with zero attached hydrogens (tertiary/aromatic N) is 1. The minimum atomic E-state index is -0.490. The second-order valence-electron chi connectivity index (χ2n) is 6.33. The van der Waals surface area contributed by atoms with Gasteiger partial charge in [-0.25, -0.2) is 0 Å². The first-order valence-corrected chi connectivity index (χ1v) is 9.03. The molecule has 0 atom stereocenters. The zero-order valence-corrected chi connectivity index (χ0v) is 15.5. The number of para-hydroxylation sites is 1. The van der Waals surface area contributed by atoms with Gasteiger partial charge < -0.3 is 10.6 Å². The second kappa shape index (κ2) is 8.81. The molecule has 3 aromatic rings. The van der Waals surface area contributed by atoms with Gasteiger partial charge in [0.15, 0.2) is 0 Å². The third kappa shape index (κ3) is 4.73. The molecule has 0 aliphatic carbocycles. The van der Waals surface area contributed by atoms with Crippen molar-refractivity contribution in [1.29, 1.82) is 0 Å². The third-order valence-corrected chi connectivity index (χ3v) is 4.39. The Hall–Kier alpha value is -3.67. The smallest absolute Gasteiger partial charge is 0.271 e. The third-order valence-electron chi connectivity index (χ3n) is 4.39. The maximum absolute atomic E-state index is 12.5. The molecule has 0 bridgehead atoms. The molecule has 142 valence electrons. The molecule has 6 heteroatoms. The molecular formula is C22H21N3O3. The Morgan fingerprint density at radius 3 is 2.57 bits per heavy atom. The van der Waals surface area contributed by atoms with Gasteiger partial charge in [-0.3, -0.25) is 14.9 Å². The number of anilines is 2. The summed E-state index contributed by atoms with van der Waals surface area (Å²) in [5.41, 5.74) is 4.11. The summed E-state index contributed by atoms with van der Waals surface area (Å²) in [6, 6.07) is 21.3. The van der Waals surface area contributed by atoms with Crippen molar-refractivity contribution in [3.05, 3.63) is 99.6 Å². The zero-order chi connectivity index (χ0) is 19.9. The van der Waals surface area contributed by atoms with E-state index in [1.807, 2.05) is 36.4 Å². The number of nitrogens with one attached hydrogen (secondary N) is 2. The van der Waals surface area contributed by atoms with Crippen molar-refractivity contribution in [3.8, 4) is 0 Å². The first-order chi connectivity index (χ1) is 13.6. The molecule has 0 radical (unpaired) electrons. The van der Waals surface area contributed by atoms with Crippen LogP contribution in [0.25, 0.3) is 0 Å². The van der Waals surface area contributed by atoms with E-state index in [4.69, 9.17) is 0 Å². The molecule has 0 aliphatic rings. The largest absolute Gasteiger partial charge is 0.381 e. The van der Waals surface area contributed by atoms with Gasteiger partial charge in [0.1, 0.15) is 0 Å². The van der Waals surface area contributed by atoms with Crippen LogP contribution in [0.1, 0.15) is 28.4 Å². The number of nitro benzene ring substituents is 1. The summed E-state index contributed by atoms with van der Waals surface area (Å²) >= 11 is 0. The van der Waals surface area contributed by atoms with Crippen LogP contribution >= 0.6 is 0 Å². The van der Waals surface area contributed by atoms with Crippen LogP contribution in [0.3, 0.4) is 0 Å². The molecule has 0 heterocycles. The highest BCUT2D eigenvalue weighted by molar-refractivity contribution is 6.04. The van der Waals surface area contributed by atoms with Crippen LogP contribution in [0.4, 0.5) is 17.1 Å². The fourth-order valence-corrected chi connectivity index (χ4v) is 2.92. The highest BCUT2D eigenvalue weighted by atomic mass is 16.6. The highest BCUT2D eigenvalue weighted by Gasteiger charge is 2.10. The lowest BCUT2D eigenvalue weighted by Gasteiger charge is -2.12. The number of nitro groups is 1. The number of carbonyl (C=O) groups excluding carboxylic acids is 1. The van der Waals surface area contributed by atoms with Gasteiger partial charge in [0.2, 0.25) is 0 Å². The normalized spacial score (nSPS) is 10.3. The van der Waals surface area contributed by atoms with Gasteiger partial charge in [-0.05, 0) is 41.8 Å². The molecule has 28 heavy (non-hydrogen) atoms. The molecule has 2 N–H and O–H groups in total. The Bertz CT molecular complexity index is 1000. The number of aryl methyl sites for hydroxylation is 1. The molecule has 1 amide bonds. The molecule has 0 saturated carbocycles. The van der Waals surface area contributed by atoms with Crippen molar-refractivity contribution in [1.82, 2.24) is 0 Å². The summed E-state index contributed by atoms with van der Waals surface area (Å²) in [5.74, 6) is -0.309. The molecule has 3 rings (SSSR count). The predicted octanol–water partition coefficient (Wildman–Crippen LogP) is 5.02. The molecule has 0 fully saturated rings. The van der Waals surface area contributed by atoms with E-state index in [0.717, 1.165) is 17.7 Å². The first kappa shape index (κ1) is 19.1. The number of carbonyl (C=O) groups is 1. The van der Waals surface area contributed by atoms with E-state index in [0.29, 0.717) is 17.8 Å². The van der Waals surface area contributed by atoms with Gasteiger partial charge >= 0.3 is 0 Å². The lowest BCUT2D eigenvalue weighted by Crippen LogP contribution is -2.12. The van der Waals surface area contributed by atoms with Crippen molar-refractivity contribution < 1.29 is 9.72 Å². The molecule has 0 aliphatic heterocycles. The van der Waals surface area contributed by atoms with Crippen molar-refractivity contribution in [2.24, 2.45) is 0 Å². The molecule has 0 saturated heterocycles. The van der Waals surface area contributed by atoms with Crippen molar-refractivity contribution in [2.75, 3.05) is 10.6 Å². The lowest BCUT2D eigenvalue weighted by atomic mass is 10.1. The summed E-state index contributed by atoms with van der Waals surface area (Å²) in [5, 5.41) is 17.0. The fraction of sp³-hybridized carbons (Fsp3) is 0.136. The van der Waals surface area contributed by atoms with Crippen molar-refractivity contribution >= 4 is 23.0 Å². The first-order valence-electron chi connectivity index (χ1n) is 9.03. The fourth-order valence-electron chi connectivity index (χ4n) is 2.92. The average molecular weight is 375 g/mol. The Labute approximate surface area is 163 Å². The predicted molar refractivity (Wildman–Crippen MR) is 111 cm³/mol. The topological polar surface area (TPSA) is 84.3 Å². The van der Waals surface area contributed by atoms with Gasteiger partial charge in [-0.1, -0.05) is 43.3 Å². The van der Waals surface area contributed by atoms with Crippen LogP contribution in [0.2, 0.25) is 0 Å². The molecule has 6 nitrogen and oxygen atoms in total. The summed E-state index contributed by atoms with van der Waals surface area (Å²) in [4.78, 5) is 22.9. The minimum Gasteiger partial charge on any atom is -0.381 e. The summed E-state index contributed by atoms with van der Waals surface area (Å²) in [6.07, 6.45) is 0.939. The Morgan fingerprint density at radius 2 is 1.79 bits per heavy atom. The summed E-state index contributed by atoms with van der Waals surface area (Å²) < 4.78 is 0. The maximum atomic E-state index is 12.5. The van der Waals surface area contributed by atoms with E-state index in [1.54, 1.807) is 18.2 Å². The Morgan fingerprint density at radius 1 is 1.00 bits per heavy atom. The van der Waals surface area contributed by atoms with Crippen LogP contribution in [-0.2, 0) is 13.0 Å². The van der Waals surface area contributed by atoms with Gasteiger partial charge in [0.05, 0.1) is 4.92 Å². The number of rotatable bonds is 7. The van der Waals surface area contributed by atoms with E-state index in [-0.39, 0.29) is 11.6 Å². The summed E-state index contributed by atoms with van der Waals surface area (Å²) in [7, 11) is 0. The van der Waals surface area contributed by atoms with Crippen molar-refractivity contribution in [2.45, 2.75) is 19.9 Å². The highest BCUT2D eigenvalue weighted by Crippen LogP contribution is 2.19. The van der Waals surface area contributed by atoms with E-state index in [9.17, 15) is 14.9 Å². The van der Waals surface area contributed by atoms with Crippen LogP contribution in [0.15, 0.2) is 72.8 Å². The van der Waals surface area contributed by atoms with Gasteiger partial charge in [0, 0.05) is 35.6 Å². The molecule has 0 spiro atoms. The number of benzene rings is 3. The number of amides is 1. The summed E-state index contributed by atoms with van der Waals surface area (Å²) in [6.45, 7) is 2.70. The molecular weight excluding hydrogens is 354 g/mol. The van der Waals surface area contributed by atoms with Crippen LogP contribution in [0, 0.1) is 10.1 Å². The SMILES string of the molecule is CCc1ccccc1NCc1cccc(C(=O)Nc2cccc([N+](=O)[O-])c2)c1. The lowest BCUT2D eigenvalue weighted by molar-refractivity contribution is -0.384. The molecule has 0 aromatic heterocycles. The molecule has 3 aromatic carbocycles. The van der Waals surface area contributed by atoms with Crippen molar-refractivity contribution in [3.63, 3.8) is 0 Å². The van der Waals surface area contributed by atoms with E-state index >= 15 is 0 Å². The Balaban J connectivity index is 1.69.